The number of piperidine rings is 1. The zero-order valence-electron chi connectivity index (χ0n) is 18.2. The van der Waals surface area contributed by atoms with Crippen LogP contribution in [0.1, 0.15) is 46.6 Å². The molecule has 33 heavy (non-hydrogen) atoms. The number of hydrogen-bond acceptors (Lipinski definition) is 5. The van der Waals surface area contributed by atoms with Crippen LogP contribution in [0.15, 0.2) is 47.1 Å². The normalized spacial score (nSPS) is 22.2. The molecular weight excluding hydrogens is 429 g/mol. The summed E-state index contributed by atoms with van der Waals surface area (Å²) >= 11 is 0. The molecule has 2 aromatic rings. The van der Waals surface area contributed by atoms with E-state index in [1.807, 2.05) is 0 Å². The second-order valence-electron chi connectivity index (χ2n) is 8.73. The van der Waals surface area contributed by atoms with Gasteiger partial charge in [-0.05, 0) is 37.1 Å². The van der Waals surface area contributed by atoms with E-state index in [0.29, 0.717) is 25.9 Å². The third-order valence-electron chi connectivity index (χ3n) is 6.85. The Hall–Kier alpha value is -3.20. The smallest absolute Gasteiger partial charge is 0.292 e. The maximum Gasteiger partial charge on any atom is 0.292 e. The summed E-state index contributed by atoms with van der Waals surface area (Å²) in [6.45, 7) is 2.01. The molecule has 3 aliphatic rings. The summed E-state index contributed by atoms with van der Waals surface area (Å²) in [6, 6.07) is 8.35. The molecule has 3 aliphatic heterocycles. The van der Waals surface area contributed by atoms with Crippen LogP contribution in [0, 0.1) is 5.82 Å². The van der Waals surface area contributed by atoms with Gasteiger partial charge in [0, 0.05) is 39.0 Å². The van der Waals surface area contributed by atoms with E-state index < -0.39 is 29.4 Å². The van der Waals surface area contributed by atoms with Crippen molar-refractivity contribution < 1.29 is 27.9 Å². The number of amides is 3. The Morgan fingerprint density at radius 1 is 0.909 bits per heavy atom. The molecular formula is C24H26FN3O5. The second kappa shape index (κ2) is 8.62. The summed E-state index contributed by atoms with van der Waals surface area (Å²) in [4.78, 5) is 44.5. The van der Waals surface area contributed by atoms with Crippen LogP contribution < -0.4 is 0 Å². The number of nitrogens with zero attached hydrogens (tertiary/aromatic N) is 3. The summed E-state index contributed by atoms with van der Waals surface area (Å²) in [5, 5.41) is 0. The van der Waals surface area contributed by atoms with Crippen molar-refractivity contribution in [2.24, 2.45) is 0 Å². The lowest BCUT2D eigenvalue weighted by Crippen LogP contribution is -2.60. The molecule has 0 radical (unpaired) electrons. The van der Waals surface area contributed by atoms with Gasteiger partial charge in [-0.3, -0.25) is 19.3 Å². The van der Waals surface area contributed by atoms with Crippen LogP contribution in [0.5, 0.6) is 0 Å². The number of halogens is 1. The first-order valence-electron chi connectivity index (χ1n) is 11.3. The molecule has 4 heterocycles. The zero-order chi connectivity index (χ0) is 23.0. The minimum atomic E-state index is -1.02. The Balaban J connectivity index is 1.38. The van der Waals surface area contributed by atoms with E-state index in [4.69, 9.17) is 9.15 Å². The molecule has 3 saturated heterocycles. The average Bonchev–Trinajstić information content (AvgIpc) is 3.60. The van der Waals surface area contributed by atoms with Crippen LogP contribution in [0.4, 0.5) is 4.39 Å². The predicted molar refractivity (Wildman–Crippen MR) is 115 cm³/mol. The van der Waals surface area contributed by atoms with Crippen molar-refractivity contribution in [3.8, 4) is 0 Å². The number of ether oxygens (including phenoxy) is 1. The maximum absolute atomic E-state index is 14.1. The fourth-order valence-electron chi connectivity index (χ4n) is 5.09. The van der Waals surface area contributed by atoms with E-state index in [9.17, 15) is 18.8 Å². The van der Waals surface area contributed by atoms with Gasteiger partial charge in [0.2, 0.25) is 5.91 Å². The number of furan rings is 1. The molecule has 174 valence electrons. The van der Waals surface area contributed by atoms with Crippen molar-refractivity contribution in [1.29, 1.82) is 0 Å². The summed E-state index contributed by atoms with van der Waals surface area (Å²) in [5.41, 5.74) is -0.998. The van der Waals surface area contributed by atoms with Gasteiger partial charge in [0.25, 0.3) is 11.8 Å². The number of carbonyl (C=O) groups excluding carboxylic acids is 3. The van der Waals surface area contributed by atoms with Crippen LogP contribution in [-0.2, 0) is 9.53 Å². The molecule has 8 nitrogen and oxygen atoms in total. The fourth-order valence-corrected chi connectivity index (χ4v) is 5.09. The van der Waals surface area contributed by atoms with E-state index in [-0.39, 0.29) is 36.9 Å². The molecule has 0 saturated carbocycles. The van der Waals surface area contributed by atoms with Crippen molar-refractivity contribution in [2.45, 2.75) is 37.5 Å². The molecule has 0 N–H and O–H groups in total. The summed E-state index contributed by atoms with van der Waals surface area (Å²) < 4.78 is 25.6. The van der Waals surface area contributed by atoms with Crippen LogP contribution in [0.3, 0.4) is 0 Å². The van der Waals surface area contributed by atoms with E-state index in [1.54, 1.807) is 34.1 Å². The van der Waals surface area contributed by atoms with Crippen LogP contribution in [-0.4, -0.2) is 77.0 Å². The van der Waals surface area contributed by atoms with Crippen LogP contribution in [0.2, 0.25) is 0 Å². The standard InChI is InChI=1S/C24H26FN3O5/c25-18-7-2-1-6-17(18)21(29)27-13-9-24(10-14-27)28(23(31)20-8-5-15-32-20)19(16-33-24)22(30)26-11-3-4-12-26/h1-2,5-8,15,19H,3-4,9-14,16H2. The van der Waals surface area contributed by atoms with Crippen molar-refractivity contribution in [1.82, 2.24) is 14.7 Å². The van der Waals surface area contributed by atoms with Gasteiger partial charge in [0.1, 0.15) is 17.6 Å². The summed E-state index contributed by atoms with van der Waals surface area (Å²) in [5.74, 6) is -1.33. The average molecular weight is 455 g/mol. The van der Waals surface area contributed by atoms with Crippen molar-refractivity contribution in [2.75, 3.05) is 32.8 Å². The van der Waals surface area contributed by atoms with E-state index in [1.165, 1.54) is 23.3 Å². The molecule has 1 spiro atoms. The minimum absolute atomic E-state index is 0.0198. The highest BCUT2D eigenvalue weighted by Gasteiger charge is 2.55. The predicted octanol–water partition coefficient (Wildman–Crippen LogP) is 2.51. The van der Waals surface area contributed by atoms with Crippen LogP contribution in [0.25, 0.3) is 0 Å². The fraction of sp³-hybridized carbons (Fsp3) is 0.458. The number of carbonyl (C=O) groups is 3. The first-order chi connectivity index (χ1) is 16.0. The molecule has 0 bridgehead atoms. The van der Waals surface area contributed by atoms with Gasteiger partial charge >= 0.3 is 0 Å². The van der Waals surface area contributed by atoms with Gasteiger partial charge in [0.15, 0.2) is 5.76 Å². The van der Waals surface area contributed by atoms with Crippen LogP contribution >= 0.6 is 0 Å². The highest BCUT2D eigenvalue weighted by molar-refractivity contribution is 5.97. The van der Waals surface area contributed by atoms with Crippen molar-refractivity contribution in [3.63, 3.8) is 0 Å². The van der Waals surface area contributed by atoms with E-state index in [0.717, 1.165) is 12.8 Å². The largest absolute Gasteiger partial charge is 0.459 e. The molecule has 3 fully saturated rings. The lowest BCUT2D eigenvalue weighted by molar-refractivity contribution is -0.136. The highest BCUT2D eigenvalue weighted by atomic mass is 19.1. The third-order valence-corrected chi connectivity index (χ3v) is 6.85. The first kappa shape index (κ1) is 21.6. The molecule has 1 aromatic heterocycles. The maximum atomic E-state index is 14.1. The Morgan fingerprint density at radius 3 is 2.30 bits per heavy atom. The highest BCUT2D eigenvalue weighted by Crippen LogP contribution is 2.39. The number of benzene rings is 1. The minimum Gasteiger partial charge on any atom is -0.459 e. The summed E-state index contributed by atoms with van der Waals surface area (Å²) in [7, 11) is 0. The molecule has 0 aliphatic carbocycles. The van der Waals surface area contributed by atoms with Gasteiger partial charge < -0.3 is 19.0 Å². The summed E-state index contributed by atoms with van der Waals surface area (Å²) in [6.07, 6.45) is 3.96. The van der Waals surface area contributed by atoms with Crippen molar-refractivity contribution in [3.05, 3.63) is 59.8 Å². The first-order valence-corrected chi connectivity index (χ1v) is 11.3. The van der Waals surface area contributed by atoms with Crippen molar-refractivity contribution >= 4 is 17.7 Å². The number of rotatable bonds is 3. The lowest BCUT2D eigenvalue weighted by atomic mass is 9.96. The van der Waals surface area contributed by atoms with Gasteiger partial charge in [-0.25, -0.2) is 4.39 Å². The Morgan fingerprint density at radius 2 is 1.64 bits per heavy atom. The van der Waals surface area contributed by atoms with E-state index in [2.05, 4.69) is 0 Å². The van der Waals surface area contributed by atoms with Gasteiger partial charge in [-0.1, -0.05) is 12.1 Å². The zero-order valence-corrected chi connectivity index (χ0v) is 18.2. The molecule has 1 aromatic carbocycles. The quantitative estimate of drug-likeness (QED) is 0.710. The van der Waals surface area contributed by atoms with Gasteiger partial charge in [-0.15, -0.1) is 0 Å². The number of hydrogen-bond donors (Lipinski definition) is 0. The second-order valence-corrected chi connectivity index (χ2v) is 8.73. The third kappa shape index (κ3) is 3.80. The SMILES string of the molecule is O=C(c1ccccc1F)N1CCC2(CC1)OCC(C(=O)N1CCCC1)N2C(=O)c1ccco1. The Labute approximate surface area is 190 Å². The Kier molecular flexibility index (Phi) is 5.65. The monoisotopic (exact) mass is 455 g/mol. The number of likely N-dealkylation sites (tertiary alicyclic amines) is 2. The molecule has 5 rings (SSSR count). The lowest BCUT2D eigenvalue weighted by Gasteiger charge is -2.44. The molecule has 9 heteroatoms. The topological polar surface area (TPSA) is 83.3 Å². The molecule has 3 amide bonds. The van der Waals surface area contributed by atoms with E-state index >= 15 is 0 Å². The Bertz CT molecular complexity index is 1040. The molecule has 1 unspecified atom stereocenters. The molecule has 1 atom stereocenters. The van der Waals surface area contributed by atoms with Gasteiger partial charge in [0.05, 0.1) is 18.4 Å². The van der Waals surface area contributed by atoms with Gasteiger partial charge in [-0.2, -0.15) is 0 Å².